The van der Waals surface area contributed by atoms with Crippen LogP contribution in [0.4, 0.5) is 0 Å². The first kappa shape index (κ1) is 15.0. The van der Waals surface area contributed by atoms with Gasteiger partial charge in [0.25, 0.3) is 0 Å². The van der Waals surface area contributed by atoms with Gasteiger partial charge in [-0.3, -0.25) is 14.4 Å². The number of nitrogens with two attached hydrogens (primary N) is 3. The first-order chi connectivity index (χ1) is 9.90. The molecule has 0 aromatic heterocycles. The van der Waals surface area contributed by atoms with E-state index >= 15 is 0 Å². The zero-order valence-electron chi connectivity index (χ0n) is 11.5. The molecule has 2 atom stereocenters. The molecule has 1 heterocycles. The Hall–Kier alpha value is -2.41. The maximum Gasteiger partial charge on any atom is 0.241 e. The number of hydrogen-bond donors (Lipinski definition) is 3. The van der Waals surface area contributed by atoms with Crippen LogP contribution in [0.15, 0.2) is 24.3 Å². The summed E-state index contributed by atoms with van der Waals surface area (Å²) in [6.45, 7) is 0.245. The molecule has 0 aliphatic carbocycles. The highest BCUT2D eigenvalue weighted by molar-refractivity contribution is 5.92. The van der Waals surface area contributed by atoms with Gasteiger partial charge in [-0.05, 0) is 11.1 Å². The average Bonchev–Trinajstić information content (AvgIpc) is 2.44. The fraction of sp³-hybridized carbons (Fsp3) is 0.357. The van der Waals surface area contributed by atoms with Crippen molar-refractivity contribution in [2.45, 2.75) is 31.5 Å². The quantitative estimate of drug-likeness (QED) is 0.630. The highest BCUT2D eigenvalue weighted by Gasteiger charge is 2.35. The van der Waals surface area contributed by atoms with Crippen molar-refractivity contribution in [3.8, 4) is 0 Å². The number of benzene rings is 1. The second kappa shape index (κ2) is 5.92. The van der Waals surface area contributed by atoms with E-state index in [0.717, 1.165) is 11.1 Å². The van der Waals surface area contributed by atoms with Gasteiger partial charge in [-0.15, -0.1) is 0 Å². The molecule has 1 aliphatic heterocycles. The van der Waals surface area contributed by atoms with Gasteiger partial charge in [0.05, 0.1) is 12.5 Å². The lowest BCUT2D eigenvalue weighted by Crippen LogP contribution is -2.56. The Bertz CT molecular complexity index is 587. The van der Waals surface area contributed by atoms with Crippen LogP contribution in [0.25, 0.3) is 0 Å². The highest BCUT2D eigenvalue weighted by Crippen LogP contribution is 2.23. The summed E-state index contributed by atoms with van der Waals surface area (Å²) in [6, 6.07) is 5.69. The average molecular weight is 290 g/mol. The van der Waals surface area contributed by atoms with Gasteiger partial charge in [-0.25, -0.2) is 0 Å². The Morgan fingerprint density at radius 2 is 1.81 bits per heavy atom. The van der Waals surface area contributed by atoms with Crippen LogP contribution in [0.5, 0.6) is 0 Å². The maximum atomic E-state index is 12.3. The van der Waals surface area contributed by atoms with Crippen molar-refractivity contribution in [1.29, 1.82) is 0 Å². The predicted molar refractivity (Wildman–Crippen MR) is 75.5 cm³/mol. The van der Waals surface area contributed by atoms with E-state index in [0.29, 0.717) is 6.42 Å². The lowest BCUT2D eigenvalue weighted by Gasteiger charge is -2.36. The molecule has 0 fully saturated rings. The number of carbonyl (C=O) groups excluding carboxylic acids is 3. The molecule has 6 N–H and O–H groups in total. The third-order valence-corrected chi connectivity index (χ3v) is 3.60. The number of amides is 3. The molecule has 0 saturated carbocycles. The number of carbonyl (C=O) groups is 3. The Balaban J connectivity index is 2.26. The molecule has 0 radical (unpaired) electrons. The standard InChI is InChI=1S/C14H18N4O3/c15-10(6-12(16)19)14(21)18-7-9-4-2-1-3-8(9)5-11(18)13(17)20/h1-4,10-11H,5-7,15H2,(H2,16,19)(H2,17,20)/t10?,11-/m0/s1. The zero-order chi connectivity index (χ0) is 15.6. The van der Waals surface area contributed by atoms with Crippen molar-refractivity contribution in [3.63, 3.8) is 0 Å². The monoisotopic (exact) mass is 290 g/mol. The second-order valence-corrected chi connectivity index (χ2v) is 5.13. The number of nitrogens with zero attached hydrogens (tertiary/aromatic N) is 1. The molecule has 0 saturated heterocycles. The minimum Gasteiger partial charge on any atom is -0.370 e. The largest absolute Gasteiger partial charge is 0.370 e. The Kier molecular flexibility index (Phi) is 4.23. The van der Waals surface area contributed by atoms with E-state index in [4.69, 9.17) is 17.2 Å². The van der Waals surface area contributed by atoms with Gasteiger partial charge < -0.3 is 22.1 Å². The molecule has 7 heteroatoms. The summed E-state index contributed by atoms with van der Waals surface area (Å²) in [7, 11) is 0. The van der Waals surface area contributed by atoms with E-state index in [2.05, 4.69) is 0 Å². The van der Waals surface area contributed by atoms with Crippen molar-refractivity contribution in [3.05, 3.63) is 35.4 Å². The number of rotatable bonds is 4. The van der Waals surface area contributed by atoms with Gasteiger partial charge in [0.1, 0.15) is 6.04 Å². The maximum absolute atomic E-state index is 12.3. The minimum atomic E-state index is -1.06. The first-order valence-corrected chi connectivity index (χ1v) is 6.60. The lowest BCUT2D eigenvalue weighted by molar-refractivity contribution is -0.142. The molecule has 1 aromatic carbocycles. The van der Waals surface area contributed by atoms with Crippen LogP contribution in [-0.4, -0.2) is 34.7 Å². The smallest absolute Gasteiger partial charge is 0.241 e. The molecule has 2 rings (SSSR count). The third kappa shape index (κ3) is 3.19. The summed E-state index contributed by atoms with van der Waals surface area (Å²) in [5.41, 5.74) is 18.0. The van der Waals surface area contributed by atoms with Crippen LogP contribution in [0.2, 0.25) is 0 Å². The van der Waals surface area contributed by atoms with Crippen LogP contribution < -0.4 is 17.2 Å². The topological polar surface area (TPSA) is 133 Å². The van der Waals surface area contributed by atoms with Crippen molar-refractivity contribution in [2.24, 2.45) is 17.2 Å². The molecular weight excluding hydrogens is 272 g/mol. The Labute approximate surface area is 122 Å². The lowest BCUT2D eigenvalue weighted by atomic mass is 9.93. The molecule has 1 aliphatic rings. The van der Waals surface area contributed by atoms with Crippen molar-refractivity contribution < 1.29 is 14.4 Å². The van der Waals surface area contributed by atoms with Crippen molar-refractivity contribution in [1.82, 2.24) is 4.90 Å². The number of fused-ring (bicyclic) bond motifs is 1. The molecule has 7 nitrogen and oxygen atoms in total. The summed E-state index contributed by atoms with van der Waals surface area (Å²) in [4.78, 5) is 36.2. The summed E-state index contributed by atoms with van der Waals surface area (Å²) < 4.78 is 0. The normalized spacial score (nSPS) is 18.7. The van der Waals surface area contributed by atoms with Gasteiger partial charge in [0, 0.05) is 13.0 Å². The van der Waals surface area contributed by atoms with Gasteiger partial charge in [0.2, 0.25) is 17.7 Å². The van der Waals surface area contributed by atoms with Gasteiger partial charge in [-0.2, -0.15) is 0 Å². The number of primary amides is 2. The molecule has 0 spiro atoms. The summed E-state index contributed by atoms with van der Waals surface area (Å²) >= 11 is 0. The fourth-order valence-corrected chi connectivity index (χ4v) is 2.53. The molecule has 3 amide bonds. The molecule has 1 unspecified atom stereocenters. The van der Waals surface area contributed by atoms with Crippen molar-refractivity contribution >= 4 is 17.7 Å². The molecule has 0 bridgehead atoms. The van der Waals surface area contributed by atoms with Gasteiger partial charge in [-0.1, -0.05) is 24.3 Å². The van der Waals surface area contributed by atoms with Crippen molar-refractivity contribution in [2.75, 3.05) is 0 Å². The van der Waals surface area contributed by atoms with Gasteiger partial charge >= 0.3 is 0 Å². The number of hydrogen-bond acceptors (Lipinski definition) is 4. The summed E-state index contributed by atoms with van der Waals surface area (Å²) in [5.74, 6) is -1.75. The second-order valence-electron chi connectivity index (χ2n) is 5.13. The van der Waals surface area contributed by atoms with Crippen LogP contribution in [0.3, 0.4) is 0 Å². The fourth-order valence-electron chi connectivity index (χ4n) is 2.53. The Morgan fingerprint density at radius 1 is 1.19 bits per heavy atom. The van der Waals surface area contributed by atoms with E-state index in [-0.39, 0.29) is 13.0 Å². The van der Waals surface area contributed by atoms with Crippen LogP contribution in [-0.2, 0) is 27.3 Å². The SMILES string of the molecule is NC(=O)CC(N)C(=O)N1Cc2ccccc2C[C@H]1C(N)=O. The first-order valence-electron chi connectivity index (χ1n) is 6.60. The van der Waals surface area contributed by atoms with Crippen LogP contribution in [0, 0.1) is 0 Å². The molecule has 1 aromatic rings. The van der Waals surface area contributed by atoms with Gasteiger partial charge in [0.15, 0.2) is 0 Å². The molecule has 21 heavy (non-hydrogen) atoms. The molecule has 112 valence electrons. The van der Waals surface area contributed by atoms with E-state index in [1.54, 1.807) is 0 Å². The van der Waals surface area contributed by atoms with E-state index in [9.17, 15) is 14.4 Å². The van der Waals surface area contributed by atoms with E-state index in [1.807, 2.05) is 24.3 Å². The predicted octanol–water partition coefficient (Wildman–Crippen LogP) is -1.37. The van der Waals surface area contributed by atoms with E-state index in [1.165, 1.54) is 4.90 Å². The summed E-state index contributed by atoms with van der Waals surface area (Å²) in [6.07, 6.45) is 0.0863. The zero-order valence-corrected chi connectivity index (χ0v) is 11.5. The van der Waals surface area contributed by atoms with E-state index < -0.39 is 29.8 Å². The minimum absolute atomic E-state index is 0.245. The highest BCUT2D eigenvalue weighted by atomic mass is 16.2. The molecular formula is C14H18N4O3. The third-order valence-electron chi connectivity index (χ3n) is 3.60. The Morgan fingerprint density at radius 3 is 2.38 bits per heavy atom. The summed E-state index contributed by atoms with van der Waals surface area (Å²) in [5, 5.41) is 0. The van der Waals surface area contributed by atoms with Crippen LogP contribution in [0.1, 0.15) is 17.5 Å². The van der Waals surface area contributed by atoms with Crippen LogP contribution >= 0.6 is 0 Å².